The van der Waals surface area contributed by atoms with Crippen molar-refractivity contribution >= 4 is 16.7 Å². The van der Waals surface area contributed by atoms with Crippen molar-refractivity contribution in [2.75, 3.05) is 38.5 Å². The molecule has 1 aliphatic heterocycles. The third-order valence-corrected chi connectivity index (χ3v) is 6.79. The Hall–Kier alpha value is -2.30. The van der Waals surface area contributed by atoms with Crippen LogP contribution in [0.3, 0.4) is 0 Å². The number of fused-ring (bicyclic) bond motifs is 1. The molecule has 1 aliphatic rings. The quantitative estimate of drug-likeness (QED) is 0.645. The molecule has 154 valence electrons. The van der Waals surface area contributed by atoms with Crippen molar-refractivity contribution in [3.8, 4) is 0 Å². The number of hydrogen-bond donors (Lipinski definition) is 1. The first kappa shape index (κ1) is 20.0. The average Bonchev–Trinajstić information content (AvgIpc) is 3.07. The van der Waals surface area contributed by atoms with Crippen LogP contribution in [0.5, 0.6) is 0 Å². The van der Waals surface area contributed by atoms with Gasteiger partial charge in [-0.05, 0) is 56.4 Å². The summed E-state index contributed by atoms with van der Waals surface area (Å²) in [5.41, 5.74) is 14.4. The van der Waals surface area contributed by atoms with Crippen molar-refractivity contribution in [1.82, 2.24) is 9.80 Å². The van der Waals surface area contributed by atoms with Crippen LogP contribution < -0.4 is 5.73 Å². The SMILES string of the molecule is Cc1c(C)c(C)c2c(C)c(CN3CCN(CCc4ccccc4)CC3)oc2c1N. The first-order chi connectivity index (χ1) is 14.0. The number of rotatable bonds is 5. The van der Waals surface area contributed by atoms with E-state index < -0.39 is 0 Å². The zero-order valence-electron chi connectivity index (χ0n) is 18.2. The molecule has 0 unspecified atom stereocenters. The smallest absolute Gasteiger partial charge is 0.158 e. The molecule has 2 heterocycles. The van der Waals surface area contributed by atoms with E-state index in [0.29, 0.717) is 0 Å². The number of aryl methyl sites for hydroxylation is 2. The Morgan fingerprint density at radius 2 is 1.48 bits per heavy atom. The highest BCUT2D eigenvalue weighted by Crippen LogP contribution is 2.37. The van der Waals surface area contributed by atoms with E-state index >= 15 is 0 Å². The van der Waals surface area contributed by atoms with E-state index in [4.69, 9.17) is 10.2 Å². The molecule has 29 heavy (non-hydrogen) atoms. The highest BCUT2D eigenvalue weighted by atomic mass is 16.3. The molecule has 4 rings (SSSR count). The fourth-order valence-electron chi connectivity index (χ4n) is 4.50. The summed E-state index contributed by atoms with van der Waals surface area (Å²) >= 11 is 0. The van der Waals surface area contributed by atoms with Gasteiger partial charge in [0.1, 0.15) is 5.76 Å². The van der Waals surface area contributed by atoms with Gasteiger partial charge < -0.3 is 15.1 Å². The molecule has 0 spiro atoms. The van der Waals surface area contributed by atoms with E-state index in [1.807, 2.05) is 0 Å². The van der Waals surface area contributed by atoms with Crippen LogP contribution in [0, 0.1) is 27.7 Å². The van der Waals surface area contributed by atoms with Gasteiger partial charge in [0.25, 0.3) is 0 Å². The summed E-state index contributed by atoms with van der Waals surface area (Å²) in [5.74, 6) is 1.07. The second-order valence-corrected chi connectivity index (χ2v) is 8.50. The third kappa shape index (κ3) is 3.92. The highest BCUT2D eigenvalue weighted by molar-refractivity contribution is 5.96. The van der Waals surface area contributed by atoms with Crippen molar-refractivity contribution < 1.29 is 4.42 Å². The monoisotopic (exact) mass is 391 g/mol. The van der Waals surface area contributed by atoms with Crippen molar-refractivity contribution in [3.63, 3.8) is 0 Å². The van der Waals surface area contributed by atoms with Crippen LogP contribution in [0.25, 0.3) is 11.0 Å². The maximum absolute atomic E-state index is 6.39. The molecular formula is C25H33N3O. The Labute approximate surface area is 174 Å². The first-order valence-corrected chi connectivity index (χ1v) is 10.7. The lowest BCUT2D eigenvalue weighted by molar-refractivity contribution is 0.122. The van der Waals surface area contributed by atoms with Crippen molar-refractivity contribution in [3.05, 3.63) is 63.9 Å². The fraction of sp³-hybridized carbons (Fsp3) is 0.440. The number of anilines is 1. The van der Waals surface area contributed by atoms with Crippen molar-refractivity contribution in [1.29, 1.82) is 0 Å². The van der Waals surface area contributed by atoms with E-state index in [-0.39, 0.29) is 0 Å². The van der Waals surface area contributed by atoms with Crippen LogP contribution in [-0.2, 0) is 13.0 Å². The van der Waals surface area contributed by atoms with Gasteiger partial charge in [0, 0.05) is 43.7 Å². The number of benzene rings is 2. The molecule has 0 amide bonds. The number of nitrogens with two attached hydrogens (primary N) is 1. The lowest BCUT2D eigenvalue weighted by Gasteiger charge is -2.34. The molecule has 1 fully saturated rings. The van der Waals surface area contributed by atoms with Gasteiger partial charge in [0.05, 0.1) is 12.2 Å². The van der Waals surface area contributed by atoms with Crippen molar-refractivity contribution in [2.45, 2.75) is 40.7 Å². The van der Waals surface area contributed by atoms with Crippen LogP contribution in [0.15, 0.2) is 34.7 Å². The van der Waals surface area contributed by atoms with Gasteiger partial charge in [-0.1, -0.05) is 30.3 Å². The zero-order chi connectivity index (χ0) is 20.5. The Morgan fingerprint density at radius 3 is 2.17 bits per heavy atom. The maximum Gasteiger partial charge on any atom is 0.158 e. The van der Waals surface area contributed by atoms with Gasteiger partial charge in [-0.25, -0.2) is 0 Å². The van der Waals surface area contributed by atoms with Gasteiger partial charge >= 0.3 is 0 Å². The van der Waals surface area contributed by atoms with Crippen LogP contribution in [0.2, 0.25) is 0 Å². The molecular weight excluding hydrogens is 358 g/mol. The Morgan fingerprint density at radius 1 is 0.828 bits per heavy atom. The van der Waals surface area contributed by atoms with E-state index in [2.05, 4.69) is 67.8 Å². The minimum atomic E-state index is 0.795. The summed E-state index contributed by atoms with van der Waals surface area (Å²) in [6.07, 6.45) is 1.13. The maximum atomic E-state index is 6.39. The lowest BCUT2D eigenvalue weighted by atomic mass is 9.96. The molecule has 4 heteroatoms. The Kier molecular flexibility index (Phi) is 5.66. The molecule has 3 aromatic rings. The summed E-state index contributed by atoms with van der Waals surface area (Å²) in [6.45, 7) is 15.0. The van der Waals surface area contributed by atoms with Gasteiger partial charge in [-0.2, -0.15) is 0 Å². The molecule has 0 aliphatic carbocycles. The molecule has 0 saturated carbocycles. The zero-order valence-corrected chi connectivity index (χ0v) is 18.2. The average molecular weight is 392 g/mol. The van der Waals surface area contributed by atoms with Crippen LogP contribution in [0.1, 0.15) is 33.6 Å². The topological polar surface area (TPSA) is 45.6 Å². The Bertz CT molecular complexity index is 998. The summed E-state index contributed by atoms with van der Waals surface area (Å²) < 4.78 is 6.30. The minimum Gasteiger partial charge on any atom is -0.457 e. The summed E-state index contributed by atoms with van der Waals surface area (Å²) in [4.78, 5) is 5.08. The number of hydrogen-bond acceptors (Lipinski definition) is 4. The number of piperazine rings is 1. The molecule has 1 saturated heterocycles. The predicted octanol–water partition coefficient (Wildman–Crippen LogP) is 4.61. The van der Waals surface area contributed by atoms with Crippen LogP contribution in [-0.4, -0.2) is 42.5 Å². The van der Waals surface area contributed by atoms with Gasteiger partial charge in [0.2, 0.25) is 0 Å². The molecule has 0 radical (unpaired) electrons. The number of nitrogen functional groups attached to an aromatic ring is 1. The minimum absolute atomic E-state index is 0.795. The molecule has 4 nitrogen and oxygen atoms in total. The second-order valence-electron chi connectivity index (χ2n) is 8.50. The third-order valence-electron chi connectivity index (χ3n) is 6.79. The van der Waals surface area contributed by atoms with Gasteiger partial charge in [-0.3, -0.25) is 4.90 Å². The number of furan rings is 1. The van der Waals surface area contributed by atoms with E-state index in [1.54, 1.807) is 0 Å². The van der Waals surface area contributed by atoms with E-state index in [1.165, 1.54) is 27.6 Å². The van der Waals surface area contributed by atoms with Gasteiger partial charge in [0.15, 0.2) is 5.58 Å². The Balaban J connectivity index is 1.41. The number of nitrogens with zero attached hydrogens (tertiary/aromatic N) is 2. The predicted molar refractivity (Wildman–Crippen MR) is 121 cm³/mol. The van der Waals surface area contributed by atoms with E-state index in [0.717, 1.165) is 68.3 Å². The largest absolute Gasteiger partial charge is 0.457 e. The normalized spacial score (nSPS) is 16.0. The van der Waals surface area contributed by atoms with E-state index in [9.17, 15) is 0 Å². The van der Waals surface area contributed by atoms with Crippen LogP contribution >= 0.6 is 0 Å². The molecule has 1 aromatic heterocycles. The van der Waals surface area contributed by atoms with Gasteiger partial charge in [-0.15, -0.1) is 0 Å². The summed E-state index contributed by atoms with van der Waals surface area (Å²) in [5, 5.41) is 1.21. The molecule has 0 atom stereocenters. The molecule has 0 bridgehead atoms. The molecule has 2 aromatic carbocycles. The second kappa shape index (κ2) is 8.21. The highest BCUT2D eigenvalue weighted by Gasteiger charge is 2.22. The summed E-state index contributed by atoms with van der Waals surface area (Å²) in [7, 11) is 0. The van der Waals surface area contributed by atoms with Crippen LogP contribution in [0.4, 0.5) is 5.69 Å². The fourth-order valence-corrected chi connectivity index (χ4v) is 4.50. The standard InChI is InChI=1S/C25H33N3O/c1-17-18(2)23-20(4)22(29-25(23)24(26)19(17)3)16-28-14-12-27(13-15-28)11-10-21-8-6-5-7-9-21/h5-9H,10-16,26H2,1-4H3. The molecule has 2 N–H and O–H groups in total. The first-order valence-electron chi connectivity index (χ1n) is 10.7. The summed E-state index contributed by atoms with van der Waals surface area (Å²) in [6, 6.07) is 10.8. The lowest BCUT2D eigenvalue weighted by Crippen LogP contribution is -2.46. The van der Waals surface area contributed by atoms with Crippen molar-refractivity contribution in [2.24, 2.45) is 0 Å².